The van der Waals surface area contributed by atoms with Crippen molar-refractivity contribution in [3.05, 3.63) is 30.1 Å². The van der Waals surface area contributed by atoms with Crippen LogP contribution < -0.4 is 5.32 Å². The van der Waals surface area contributed by atoms with Gasteiger partial charge in [-0.3, -0.25) is 14.3 Å². The van der Waals surface area contributed by atoms with Crippen LogP contribution in [0.2, 0.25) is 0 Å². The summed E-state index contributed by atoms with van der Waals surface area (Å²) in [6.45, 7) is 6.32. The first-order valence-electron chi connectivity index (χ1n) is 9.55. The monoisotopic (exact) mass is 398 g/mol. The van der Waals surface area contributed by atoms with Crippen LogP contribution in [-0.4, -0.2) is 45.6 Å². The Hall–Kier alpha value is -2.32. The van der Waals surface area contributed by atoms with Crippen molar-refractivity contribution in [3.63, 3.8) is 0 Å². The molecule has 1 N–H and O–H groups in total. The third-order valence-electron chi connectivity index (χ3n) is 5.21. The molecule has 3 rings (SSSR count). The third kappa shape index (κ3) is 4.74. The Morgan fingerprint density at radius 2 is 2.11 bits per heavy atom. The second-order valence-electron chi connectivity index (χ2n) is 7.65. The molecule has 1 aliphatic carbocycles. The van der Waals surface area contributed by atoms with Crippen LogP contribution in [0, 0.1) is 5.92 Å². The number of piperidine rings is 1. The highest BCUT2D eigenvalue weighted by Crippen LogP contribution is 2.42. The number of nitrogens with zero attached hydrogens (tertiary/aromatic N) is 3. The van der Waals surface area contributed by atoms with E-state index in [0.717, 1.165) is 25.3 Å². The summed E-state index contributed by atoms with van der Waals surface area (Å²) in [5, 5.41) is 6.59. The molecule has 0 radical (unpaired) electrons. The molecule has 6 nitrogen and oxygen atoms in total. The molecule has 2 aliphatic rings. The molecule has 2 amide bonds. The van der Waals surface area contributed by atoms with Crippen LogP contribution in [0.4, 0.5) is 13.2 Å². The van der Waals surface area contributed by atoms with E-state index >= 15 is 0 Å². The van der Waals surface area contributed by atoms with Crippen LogP contribution in [-0.2, 0) is 22.3 Å². The van der Waals surface area contributed by atoms with Crippen LogP contribution in [0.25, 0.3) is 0 Å². The summed E-state index contributed by atoms with van der Waals surface area (Å²) in [6.07, 6.45) is -0.125. The van der Waals surface area contributed by atoms with Gasteiger partial charge in [0, 0.05) is 30.7 Å². The maximum atomic E-state index is 13.0. The molecule has 1 saturated carbocycles. The smallest absolute Gasteiger partial charge is 0.351 e. The molecule has 1 saturated heterocycles. The average Bonchev–Trinajstić information content (AvgIpc) is 3.40. The summed E-state index contributed by atoms with van der Waals surface area (Å²) >= 11 is 0. The van der Waals surface area contributed by atoms with Gasteiger partial charge in [0.05, 0.1) is 12.5 Å². The van der Waals surface area contributed by atoms with E-state index in [0.29, 0.717) is 25.2 Å². The van der Waals surface area contributed by atoms with Crippen LogP contribution >= 0.6 is 0 Å². The first kappa shape index (κ1) is 20.4. The van der Waals surface area contributed by atoms with Crippen molar-refractivity contribution >= 4 is 11.8 Å². The van der Waals surface area contributed by atoms with E-state index in [2.05, 4.69) is 17.0 Å². The van der Waals surface area contributed by atoms with Crippen molar-refractivity contribution in [2.24, 2.45) is 5.92 Å². The number of amides is 2. The Balaban J connectivity index is 1.61. The molecule has 2 atom stereocenters. The Morgan fingerprint density at radius 1 is 1.39 bits per heavy atom. The molecule has 2 fully saturated rings. The lowest BCUT2D eigenvalue weighted by Crippen LogP contribution is -2.47. The summed E-state index contributed by atoms with van der Waals surface area (Å²) in [5.74, 6) is -0.601. The highest BCUT2D eigenvalue weighted by atomic mass is 19.4. The molecule has 0 spiro atoms. The first-order valence-corrected chi connectivity index (χ1v) is 9.55. The van der Waals surface area contributed by atoms with Gasteiger partial charge < -0.3 is 10.2 Å². The highest BCUT2D eigenvalue weighted by Gasteiger charge is 2.38. The number of rotatable bonds is 6. The number of carbonyl (C=O) groups excluding carboxylic acids is 2. The number of aromatic nitrogens is 2. The van der Waals surface area contributed by atoms with Crippen molar-refractivity contribution in [3.8, 4) is 0 Å². The molecule has 9 heteroatoms. The topological polar surface area (TPSA) is 67.2 Å². The van der Waals surface area contributed by atoms with E-state index in [1.807, 2.05) is 0 Å². The van der Waals surface area contributed by atoms with Gasteiger partial charge in [-0.2, -0.15) is 18.3 Å². The SMILES string of the molecule is C=CC(=O)N1CCCC(C(=O)NC(C)Cn2nc(C(F)(F)F)cc2C2CC2)C1. The minimum Gasteiger partial charge on any atom is -0.351 e. The van der Waals surface area contributed by atoms with E-state index in [-0.39, 0.29) is 36.2 Å². The van der Waals surface area contributed by atoms with Gasteiger partial charge in [0.1, 0.15) is 0 Å². The summed E-state index contributed by atoms with van der Waals surface area (Å²) in [7, 11) is 0. The van der Waals surface area contributed by atoms with E-state index in [1.54, 1.807) is 11.8 Å². The van der Waals surface area contributed by atoms with Gasteiger partial charge in [-0.1, -0.05) is 6.58 Å². The van der Waals surface area contributed by atoms with Gasteiger partial charge in [-0.15, -0.1) is 0 Å². The predicted molar refractivity (Wildman–Crippen MR) is 96.3 cm³/mol. The van der Waals surface area contributed by atoms with Gasteiger partial charge in [0.25, 0.3) is 0 Å². The Morgan fingerprint density at radius 3 is 2.71 bits per heavy atom. The second kappa shape index (κ2) is 7.97. The molecule has 154 valence electrons. The largest absolute Gasteiger partial charge is 0.435 e. The van der Waals surface area contributed by atoms with E-state index < -0.39 is 11.9 Å². The number of hydrogen-bond acceptors (Lipinski definition) is 3. The van der Waals surface area contributed by atoms with Crippen LogP contribution in [0.1, 0.15) is 49.9 Å². The van der Waals surface area contributed by atoms with Crippen molar-refractivity contribution in [1.82, 2.24) is 20.0 Å². The Kier molecular flexibility index (Phi) is 5.81. The van der Waals surface area contributed by atoms with Crippen molar-refractivity contribution in [1.29, 1.82) is 0 Å². The summed E-state index contributed by atoms with van der Waals surface area (Å²) < 4.78 is 40.4. The number of alkyl halides is 3. The molecule has 0 aromatic carbocycles. The number of halogens is 3. The van der Waals surface area contributed by atoms with Gasteiger partial charge in [-0.05, 0) is 44.7 Å². The highest BCUT2D eigenvalue weighted by molar-refractivity contribution is 5.88. The lowest BCUT2D eigenvalue weighted by molar-refractivity contribution is -0.141. The summed E-state index contributed by atoms with van der Waals surface area (Å²) in [6, 6.07) is 0.739. The fourth-order valence-electron chi connectivity index (χ4n) is 3.61. The maximum Gasteiger partial charge on any atom is 0.435 e. The number of hydrogen-bond donors (Lipinski definition) is 1. The third-order valence-corrected chi connectivity index (χ3v) is 5.21. The van der Waals surface area contributed by atoms with Crippen molar-refractivity contribution < 1.29 is 22.8 Å². The molecule has 0 bridgehead atoms. The van der Waals surface area contributed by atoms with Crippen molar-refractivity contribution in [2.45, 2.75) is 57.3 Å². The van der Waals surface area contributed by atoms with Gasteiger partial charge in [-0.25, -0.2) is 0 Å². The van der Waals surface area contributed by atoms with Crippen LogP contribution in [0.15, 0.2) is 18.7 Å². The normalized spacial score (nSPS) is 21.3. The molecular formula is C19H25F3N4O2. The number of nitrogens with one attached hydrogen (secondary N) is 1. The summed E-state index contributed by atoms with van der Waals surface area (Å²) in [5.41, 5.74) is -0.312. The quantitative estimate of drug-likeness (QED) is 0.750. The molecule has 1 aromatic rings. The first-order chi connectivity index (χ1) is 13.2. The predicted octanol–water partition coefficient (Wildman–Crippen LogP) is 2.71. The van der Waals surface area contributed by atoms with Gasteiger partial charge in [0.15, 0.2) is 5.69 Å². The zero-order valence-electron chi connectivity index (χ0n) is 15.8. The number of carbonyl (C=O) groups is 2. The molecule has 2 unspecified atom stereocenters. The minimum atomic E-state index is -4.48. The molecular weight excluding hydrogens is 373 g/mol. The van der Waals surface area contributed by atoms with Gasteiger partial charge >= 0.3 is 6.18 Å². The lowest BCUT2D eigenvalue weighted by Gasteiger charge is -2.32. The van der Waals surface area contributed by atoms with Crippen LogP contribution in [0.3, 0.4) is 0 Å². The molecule has 1 aliphatic heterocycles. The van der Waals surface area contributed by atoms with Crippen molar-refractivity contribution in [2.75, 3.05) is 13.1 Å². The minimum absolute atomic E-state index is 0.114. The zero-order chi connectivity index (χ0) is 20.5. The molecule has 2 heterocycles. The number of likely N-dealkylation sites (tertiary alicyclic amines) is 1. The maximum absolute atomic E-state index is 13.0. The molecule has 1 aromatic heterocycles. The zero-order valence-corrected chi connectivity index (χ0v) is 15.8. The second-order valence-corrected chi connectivity index (χ2v) is 7.65. The standard InChI is InChI=1S/C19H25F3N4O2/c1-3-17(27)25-8-4-5-14(11-25)18(28)23-12(2)10-26-15(13-6-7-13)9-16(24-26)19(20,21)22/h3,9,12-14H,1,4-8,10-11H2,2H3,(H,23,28). The lowest BCUT2D eigenvalue weighted by atomic mass is 9.96. The summed E-state index contributed by atoms with van der Waals surface area (Å²) in [4.78, 5) is 25.9. The average molecular weight is 398 g/mol. The Labute approximate surface area is 161 Å². The van der Waals surface area contributed by atoms with E-state index in [9.17, 15) is 22.8 Å². The van der Waals surface area contributed by atoms with Gasteiger partial charge in [0.2, 0.25) is 11.8 Å². The fraction of sp³-hybridized carbons (Fsp3) is 0.632. The van der Waals surface area contributed by atoms with E-state index in [4.69, 9.17) is 0 Å². The fourth-order valence-corrected chi connectivity index (χ4v) is 3.61. The molecule has 28 heavy (non-hydrogen) atoms. The Bertz CT molecular complexity index is 755. The van der Waals surface area contributed by atoms with Crippen LogP contribution in [0.5, 0.6) is 0 Å². The van der Waals surface area contributed by atoms with E-state index in [1.165, 1.54) is 10.8 Å².